The van der Waals surface area contributed by atoms with Crippen LogP contribution in [-0.2, 0) is 4.74 Å². The molecule has 1 aliphatic rings. The Balaban J connectivity index is 2.02. The Labute approximate surface area is 114 Å². The zero-order chi connectivity index (χ0) is 14.0. The van der Waals surface area contributed by atoms with E-state index in [0.29, 0.717) is 12.2 Å². The molecule has 3 N–H and O–H groups in total. The number of nitrogens with two attached hydrogens (primary N) is 1. The number of hydrogen-bond donors (Lipinski definition) is 2. The Kier molecular flexibility index (Phi) is 4.22. The molecule has 4 nitrogen and oxygen atoms in total. The molecule has 1 aliphatic carbocycles. The molecule has 3 atom stereocenters. The molecule has 1 fully saturated rings. The van der Waals surface area contributed by atoms with Gasteiger partial charge >= 0.3 is 0 Å². The van der Waals surface area contributed by atoms with E-state index >= 15 is 0 Å². The van der Waals surface area contributed by atoms with Gasteiger partial charge in [0.25, 0.3) is 5.91 Å². The molecule has 2 rings (SSSR count). The molecule has 1 aromatic carbocycles. The second kappa shape index (κ2) is 5.72. The fraction of sp³-hybridized carbons (Fsp3) is 0.533. The van der Waals surface area contributed by atoms with Crippen molar-refractivity contribution in [3.63, 3.8) is 0 Å². The van der Waals surface area contributed by atoms with Crippen molar-refractivity contribution in [3.8, 4) is 0 Å². The van der Waals surface area contributed by atoms with E-state index in [-0.39, 0.29) is 24.1 Å². The summed E-state index contributed by atoms with van der Waals surface area (Å²) < 4.78 is 5.55. The quantitative estimate of drug-likeness (QED) is 0.865. The van der Waals surface area contributed by atoms with Gasteiger partial charge in [0.05, 0.1) is 12.1 Å². The van der Waals surface area contributed by atoms with Gasteiger partial charge in [-0.25, -0.2) is 0 Å². The van der Waals surface area contributed by atoms with Gasteiger partial charge in [-0.3, -0.25) is 4.79 Å². The van der Waals surface area contributed by atoms with Gasteiger partial charge < -0.3 is 15.8 Å². The fourth-order valence-corrected chi connectivity index (χ4v) is 2.34. The summed E-state index contributed by atoms with van der Waals surface area (Å²) in [5.41, 5.74) is 8.91. The first-order valence-corrected chi connectivity index (χ1v) is 6.78. The molecule has 4 heteroatoms. The van der Waals surface area contributed by atoms with Crippen molar-refractivity contribution in [3.05, 3.63) is 34.9 Å². The van der Waals surface area contributed by atoms with Gasteiger partial charge in [-0.05, 0) is 50.5 Å². The number of carbonyl (C=O) groups is 1. The lowest BCUT2D eigenvalue weighted by atomic mass is 9.83. The van der Waals surface area contributed by atoms with E-state index in [1.165, 1.54) is 5.56 Å². The zero-order valence-electron chi connectivity index (χ0n) is 11.8. The lowest BCUT2D eigenvalue weighted by Crippen LogP contribution is -2.64. The van der Waals surface area contributed by atoms with Gasteiger partial charge in [0.1, 0.15) is 0 Å². The molecule has 19 heavy (non-hydrogen) atoms. The molecule has 0 aliphatic heterocycles. The number of hydrogen-bond acceptors (Lipinski definition) is 3. The van der Waals surface area contributed by atoms with Crippen LogP contribution in [0, 0.1) is 13.8 Å². The maximum Gasteiger partial charge on any atom is 0.251 e. The molecule has 1 amide bonds. The minimum atomic E-state index is -0.0760. The number of ether oxygens (including phenoxy) is 1. The molecule has 0 aromatic heterocycles. The van der Waals surface area contributed by atoms with E-state index in [2.05, 4.69) is 5.32 Å². The number of carbonyl (C=O) groups excluding carboxylic acids is 1. The maximum atomic E-state index is 12.2. The summed E-state index contributed by atoms with van der Waals surface area (Å²) in [4.78, 5) is 12.2. The molecular weight excluding hydrogens is 240 g/mol. The monoisotopic (exact) mass is 262 g/mol. The summed E-state index contributed by atoms with van der Waals surface area (Å²) >= 11 is 0. The van der Waals surface area contributed by atoms with E-state index in [1.54, 1.807) is 0 Å². The predicted molar refractivity (Wildman–Crippen MR) is 75.2 cm³/mol. The molecule has 0 saturated heterocycles. The summed E-state index contributed by atoms with van der Waals surface area (Å²) in [5.74, 6) is -0.0760. The summed E-state index contributed by atoms with van der Waals surface area (Å²) in [7, 11) is 0. The SMILES string of the molecule is CCOC1CC(N)C1NC(=O)c1ccc(C)c(C)c1. The molecular formula is C15H22N2O2. The Hall–Kier alpha value is -1.39. The van der Waals surface area contributed by atoms with Gasteiger partial charge in [-0.2, -0.15) is 0 Å². The average molecular weight is 262 g/mol. The molecule has 1 saturated carbocycles. The topological polar surface area (TPSA) is 64.3 Å². The van der Waals surface area contributed by atoms with E-state index in [4.69, 9.17) is 10.5 Å². The van der Waals surface area contributed by atoms with Gasteiger partial charge in [0.15, 0.2) is 0 Å². The van der Waals surface area contributed by atoms with Crippen LogP contribution in [0.5, 0.6) is 0 Å². The fourth-order valence-electron chi connectivity index (χ4n) is 2.34. The first-order chi connectivity index (χ1) is 9.02. The van der Waals surface area contributed by atoms with Crippen molar-refractivity contribution in [2.75, 3.05) is 6.61 Å². The van der Waals surface area contributed by atoms with E-state index < -0.39 is 0 Å². The molecule has 0 bridgehead atoms. The number of amides is 1. The second-order valence-electron chi connectivity index (χ2n) is 5.19. The largest absolute Gasteiger partial charge is 0.376 e. The number of aryl methyl sites for hydroxylation is 2. The van der Waals surface area contributed by atoms with Crippen LogP contribution in [0.2, 0.25) is 0 Å². The van der Waals surface area contributed by atoms with Gasteiger partial charge in [-0.15, -0.1) is 0 Å². The van der Waals surface area contributed by atoms with Gasteiger partial charge in [0, 0.05) is 18.2 Å². The minimum Gasteiger partial charge on any atom is -0.376 e. The van der Waals surface area contributed by atoms with Crippen LogP contribution in [0.1, 0.15) is 34.8 Å². The molecule has 3 unspecified atom stereocenters. The molecule has 1 aromatic rings. The third kappa shape index (κ3) is 2.96. The standard InChI is InChI=1S/C15H22N2O2/c1-4-19-13-8-12(16)14(13)17-15(18)11-6-5-9(2)10(3)7-11/h5-7,12-14H,4,8,16H2,1-3H3,(H,17,18). The zero-order valence-corrected chi connectivity index (χ0v) is 11.8. The van der Waals surface area contributed by atoms with Crippen LogP contribution in [0.4, 0.5) is 0 Å². The van der Waals surface area contributed by atoms with E-state index in [1.807, 2.05) is 39.0 Å². The first-order valence-electron chi connectivity index (χ1n) is 6.78. The lowest BCUT2D eigenvalue weighted by molar-refractivity contribution is -0.0300. The van der Waals surface area contributed by atoms with Gasteiger partial charge in [0.2, 0.25) is 0 Å². The molecule has 0 heterocycles. The Morgan fingerprint density at radius 3 is 2.74 bits per heavy atom. The highest BCUT2D eigenvalue weighted by Crippen LogP contribution is 2.23. The Morgan fingerprint density at radius 2 is 2.16 bits per heavy atom. The van der Waals surface area contributed by atoms with Gasteiger partial charge in [-0.1, -0.05) is 6.07 Å². The molecule has 0 radical (unpaired) electrons. The summed E-state index contributed by atoms with van der Waals surface area (Å²) in [6.45, 7) is 6.63. The Bertz CT molecular complexity index is 471. The van der Waals surface area contributed by atoms with Crippen molar-refractivity contribution >= 4 is 5.91 Å². The van der Waals surface area contributed by atoms with Crippen LogP contribution in [0.25, 0.3) is 0 Å². The van der Waals surface area contributed by atoms with Crippen LogP contribution < -0.4 is 11.1 Å². The van der Waals surface area contributed by atoms with E-state index in [0.717, 1.165) is 12.0 Å². The third-order valence-corrected chi connectivity index (χ3v) is 3.81. The third-order valence-electron chi connectivity index (χ3n) is 3.81. The van der Waals surface area contributed by atoms with Crippen molar-refractivity contribution < 1.29 is 9.53 Å². The average Bonchev–Trinajstić information content (AvgIpc) is 2.38. The Morgan fingerprint density at radius 1 is 1.42 bits per heavy atom. The highest BCUT2D eigenvalue weighted by Gasteiger charge is 2.40. The highest BCUT2D eigenvalue weighted by molar-refractivity contribution is 5.94. The van der Waals surface area contributed by atoms with Crippen LogP contribution in [0.15, 0.2) is 18.2 Å². The van der Waals surface area contributed by atoms with Crippen molar-refractivity contribution in [2.45, 2.75) is 45.4 Å². The normalized spacial score (nSPS) is 25.8. The van der Waals surface area contributed by atoms with Crippen molar-refractivity contribution in [2.24, 2.45) is 5.73 Å². The number of rotatable bonds is 4. The van der Waals surface area contributed by atoms with Crippen LogP contribution in [-0.4, -0.2) is 30.7 Å². The summed E-state index contributed by atoms with van der Waals surface area (Å²) in [6, 6.07) is 5.63. The second-order valence-corrected chi connectivity index (χ2v) is 5.19. The summed E-state index contributed by atoms with van der Waals surface area (Å²) in [5, 5.41) is 2.98. The smallest absolute Gasteiger partial charge is 0.251 e. The number of nitrogens with one attached hydrogen (secondary N) is 1. The van der Waals surface area contributed by atoms with Crippen molar-refractivity contribution in [1.82, 2.24) is 5.32 Å². The lowest BCUT2D eigenvalue weighted by Gasteiger charge is -2.42. The minimum absolute atomic E-state index is 0.00737. The molecule has 104 valence electrons. The molecule has 0 spiro atoms. The highest BCUT2D eigenvalue weighted by atomic mass is 16.5. The van der Waals surface area contributed by atoms with Crippen molar-refractivity contribution in [1.29, 1.82) is 0 Å². The number of benzene rings is 1. The maximum absolute atomic E-state index is 12.2. The van der Waals surface area contributed by atoms with Crippen LogP contribution >= 0.6 is 0 Å². The predicted octanol–water partition coefficient (Wildman–Crippen LogP) is 1.54. The summed E-state index contributed by atoms with van der Waals surface area (Å²) in [6.07, 6.45) is 0.863. The van der Waals surface area contributed by atoms with E-state index in [9.17, 15) is 4.79 Å². The van der Waals surface area contributed by atoms with Crippen LogP contribution in [0.3, 0.4) is 0 Å². The first kappa shape index (κ1) is 14.0.